The van der Waals surface area contributed by atoms with Crippen molar-refractivity contribution in [3.8, 4) is 0 Å². The molecule has 0 bridgehead atoms. The Hall–Kier alpha value is -1.91. The lowest BCUT2D eigenvalue weighted by Gasteiger charge is -2.06. The predicted octanol–water partition coefficient (Wildman–Crippen LogP) is 1.94. The molecule has 4 rings (SSSR count). The van der Waals surface area contributed by atoms with Crippen LogP contribution < -0.4 is 5.32 Å². The highest BCUT2D eigenvalue weighted by atomic mass is 16.2. The van der Waals surface area contributed by atoms with Crippen molar-refractivity contribution >= 4 is 22.6 Å². The van der Waals surface area contributed by atoms with E-state index in [1.54, 1.807) is 0 Å². The van der Waals surface area contributed by atoms with Gasteiger partial charge < -0.3 is 5.32 Å². The summed E-state index contributed by atoms with van der Waals surface area (Å²) in [6.07, 6.45) is 3.75. The number of hydrogen-bond acceptors (Lipinski definition) is 3. The molecule has 0 spiro atoms. The van der Waals surface area contributed by atoms with Crippen molar-refractivity contribution in [1.29, 1.82) is 0 Å². The number of carbonyl (C=O) groups is 1. The minimum Gasteiger partial charge on any atom is -0.326 e. The molecule has 5 nitrogen and oxygen atoms in total. The van der Waals surface area contributed by atoms with Crippen LogP contribution in [-0.2, 0) is 4.79 Å². The van der Waals surface area contributed by atoms with E-state index in [9.17, 15) is 4.79 Å². The highest BCUT2D eigenvalue weighted by molar-refractivity contribution is 5.96. The minimum atomic E-state index is 0.174. The van der Waals surface area contributed by atoms with Gasteiger partial charge in [0.25, 0.3) is 0 Å². The van der Waals surface area contributed by atoms with E-state index in [1.165, 1.54) is 19.3 Å². The van der Waals surface area contributed by atoms with Gasteiger partial charge in [-0.15, -0.1) is 0 Å². The number of nitrogens with zero attached hydrogens (tertiary/aromatic N) is 2. The lowest BCUT2D eigenvalue weighted by Crippen LogP contribution is -2.16. The van der Waals surface area contributed by atoms with Crippen LogP contribution in [0.3, 0.4) is 0 Å². The Kier molecular flexibility index (Phi) is 1.98. The second-order valence-corrected chi connectivity index (χ2v) is 5.30. The van der Waals surface area contributed by atoms with E-state index >= 15 is 0 Å². The SMILES string of the molecule is O=C(Nc1ccc2n[nH]nc2c1)C1[C@H]2CCC[C@H]12. The van der Waals surface area contributed by atoms with Gasteiger partial charge in [-0.05, 0) is 42.9 Å². The zero-order valence-electron chi connectivity index (χ0n) is 9.89. The zero-order valence-corrected chi connectivity index (χ0v) is 9.89. The summed E-state index contributed by atoms with van der Waals surface area (Å²) in [5.74, 6) is 1.74. The third-order valence-corrected chi connectivity index (χ3v) is 4.29. The fourth-order valence-corrected chi connectivity index (χ4v) is 3.35. The smallest absolute Gasteiger partial charge is 0.228 e. The number of fused-ring (bicyclic) bond motifs is 2. The maximum Gasteiger partial charge on any atom is 0.228 e. The molecule has 2 fully saturated rings. The number of rotatable bonds is 2. The number of benzene rings is 1. The molecule has 2 saturated carbocycles. The lowest BCUT2D eigenvalue weighted by atomic mass is 10.1. The van der Waals surface area contributed by atoms with E-state index in [-0.39, 0.29) is 11.8 Å². The summed E-state index contributed by atoms with van der Waals surface area (Å²) in [6.45, 7) is 0. The third-order valence-electron chi connectivity index (χ3n) is 4.29. The summed E-state index contributed by atoms with van der Waals surface area (Å²) >= 11 is 0. The van der Waals surface area contributed by atoms with Crippen LogP contribution >= 0.6 is 0 Å². The van der Waals surface area contributed by atoms with Crippen LogP contribution in [0.5, 0.6) is 0 Å². The summed E-state index contributed by atoms with van der Waals surface area (Å²) in [6, 6.07) is 5.60. The first-order valence-electron chi connectivity index (χ1n) is 6.44. The molecule has 2 aliphatic carbocycles. The van der Waals surface area contributed by atoms with Crippen molar-refractivity contribution in [3.63, 3.8) is 0 Å². The summed E-state index contributed by atoms with van der Waals surface area (Å²) < 4.78 is 0. The minimum absolute atomic E-state index is 0.174. The van der Waals surface area contributed by atoms with Crippen molar-refractivity contribution in [2.75, 3.05) is 5.32 Å². The highest BCUT2D eigenvalue weighted by Crippen LogP contribution is 2.57. The molecule has 2 N–H and O–H groups in total. The summed E-state index contributed by atoms with van der Waals surface area (Å²) in [7, 11) is 0. The Morgan fingerprint density at radius 1 is 1.22 bits per heavy atom. The molecule has 18 heavy (non-hydrogen) atoms. The average Bonchev–Trinajstić information content (AvgIpc) is 2.78. The summed E-state index contributed by atoms with van der Waals surface area (Å²) in [5.41, 5.74) is 2.41. The van der Waals surface area contributed by atoms with Gasteiger partial charge in [0, 0.05) is 11.6 Å². The van der Waals surface area contributed by atoms with Gasteiger partial charge in [-0.1, -0.05) is 6.42 Å². The molecule has 0 aliphatic heterocycles. The first kappa shape index (κ1) is 10.1. The van der Waals surface area contributed by atoms with Gasteiger partial charge in [0.2, 0.25) is 5.91 Å². The number of hydrogen-bond donors (Lipinski definition) is 2. The second-order valence-electron chi connectivity index (χ2n) is 5.30. The van der Waals surface area contributed by atoms with Gasteiger partial charge in [0.1, 0.15) is 11.0 Å². The second kappa shape index (κ2) is 3.54. The summed E-state index contributed by atoms with van der Waals surface area (Å²) in [4.78, 5) is 12.1. The van der Waals surface area contributed by atoms with E-state index in [2.05, 4.69) is 20.7 Å². The molecule has 2 aliphatic rings. The fraction of sp³-hybridized carbons (Fsp3) is 0.462. The fourth-order valence-electron chi connectivity index (χ4n) is 3.35. The van der Waals surface area contributed by atoms with Crippen molar-refractivity contribution in [3.05, 3.63) is 18.2 Å². The number of aromatic amines is 1. The molecule has 2 atom stereocenters. The van der Waals surface area contributed by atoms with Crippen LogP contribution in [0.25, 0.3) is 11.0 Å². The van der Waals surface area contributed by atoms with Crippen LogP contribution in [0.2, 0.25) is 0 Å². The van der Waals surface area contributed by atoms with Gasteiger partial charge >= 0.3 is 0 Å². The average molecular weight is 242 g/mol. The Balaban J connectivity index is 1.52. The van der Waals surface area contributed by atoms with Crippen molar-refractivity contribution < 1.29 is 4.79 Å². The van der Waals surface area contributed by atoms with E-state index in [4.69, 9.17) is 0 Å². The maximum absolute atomic E-state index is 12.1. The molecular weight excluding hydrogens is 228 g/mol. The van der Waals surface area contributed by atoms with Gasteiger partial charge in [-0.2, -0.15) is 15.4 Å². The maximum atomic E-state index is 12.1. The molecule has 1 heterocycles. The largest absolute Gasteiger partial charge is 0.326 e. The van der Waals surface area contributed by atoms with Gasteiger partial charge in [-0.25, -0.2) is 0 Å². The number of aromatic nitrogens is 3. The van der Waals surface area contributed by atoms with Crippen LogP contribution in [0.1, 0.15) is 19.3 Å². The van der Waals surface area contributed by atoms with Crippen LogP contribution in [0.15, 0.2) is 18.2 Å². The first-order chi connectivity index (χ1) is 8.83. The summed E-state index contributed by atoms with van der Waals surface area (Å²) in [5, 5.41) is 13.6. The van der Waals surface area contributed by atoms with Gasteiger partial charge in [0.15, 0.2) is 0 Å². The van der Waals surface area contributed by atoms with Gasteiger partial charge in [0.05, 0.1) is 0 Å². The number of amides is 1. The monoisotopic (exact) mass is 242 g/mol. The molecular formula is C13H14N4O. The Bertz CT molecular complexity index is 610. The Labute approximate surface area is 104 Å². The van der Waals surface area contributed by atoms with Gasteiger partial charge in [-0.3, -0.25) is 4.79 Å². The topological polar surface area (TPSA) is 70.7 Å². The first-order valence-corrected chi connectivity index (χ1v) is 6.44. The lowest BCUT2D eigenvalue weighted by molar-refractivity contribution is -0.118. The van der Waals surface area contributed by atoms with E-state index in [0.29, 0.717) is 11.8 Å². The number of nitrogens with one attached hydrogen (secondary N) is 2. The van der Waals surface area contributed by atoms with Crippen molar-refractivity contribution in [2.24, 2.45) is 17.8 Å². The van der Waals surface area contributed by atoms with E-state index in [0.717, 1.165) is 16.7 Å². The van der Waals surface area contributed by atoms with Crippen LogP contribution in [-0.4, -0.2) is 21.3 Å². The molecule has 0 radical (unpaired) electrons. The van der Waals surface area contributed by atoms with E-state index in [1.807, 2.05) is 18.2 Å². The van der Waals surface area contributed by atoms with E-state index < -0.39 is 0 Å². The number of H-pyrrole nitrogens is 1. The molecule has 1 aromatic carbocycles. The highest BCUT2D eigenvalue weighted by Gasteiger charge is 2.56. The van der Waals surface area contributed by atoms with Crippen LogP contribution in [0.4, 0.5) is 5.69 Å². The Morgan fingerprint density at radius 3 is 2.83 bits per heavy atom. The molecule has 92 valence electrons. The molecule has 0 saturated heterocycles. The molecule has 5 heteroatoms. The number of anilines is 1. The molecule has 1 aromatic heterocycles. The molecule has 1 amide bonds. The van der Waals surface area contributed by atoms with Crippen molar-refractivity contribution in [2.45, 2.75) is 19.3 Å². The number of carbonyl (C=O) groups excluding carboxylic acids is 1. The normalized spacial score (nSPS) is 29.2. The predicted molar refractivity (Wildman–Crippen MR) is 66.8 cm³/mol. The quantitative estimate of drug-likeness (QED) is 0.845. The zero-order chi connectivity index (χ0) is 12.1. The standard InChI is InChI=1S/C13H14N4O/c18-13(12-8-2-1-3-9(8)12)14-7-4-5-10-11(6-7)16-17-15-10/h4-6,8-9,12H,1-3H2,(H,14,18)(H,15,16,17)/t8-,9-/m0/s1. The molecule has 2 aromatic rings. The molecule has 0 unspecified atom stereocenters. The van der Waals surface area contributed by atoms with Crippen LogP contribution in [0, 0.1) is 17.8 Å². The van der Waals surface area contributed by atoms with Crippen molar-refractivity contribution in [1.82, 2.24) is 15.4 Å². The third kappa shape index (κ3) is 1.43. The Morgan fingerprint density at radius 2 is 2.00 bits per heavy atom.